The van der Waals surface area contributed by atoms with Crippen LogP contribution in [0.15, 0.2) is 29.1 Å². The average molecular weight is 425 g/mol. The molecule has 0 amide bonds. The summed E-state index contributed by atoms with van der Waals surface area (Å²) in [6.45, 7) is 6.03. The van der Waals surface area contributed by atoms with Crippen molar-refractivity contribution in [3.05, 3.63) is 34.6 Å². The van der Waals surface area contributed by atoms with E-state index in [0.29, 0.717) is 23.2 Å². The molecule has 7 nitrogen and oxygen atoms in total. The topological polar surface area (TPSA) is 85.9 Å². The molecule has 3 aromatic rings. The summed E-state index contributed by atoms with van der Waals surface area (Å²) in [5.41, 5.74) is 1.34. The highest BCUT2D eigenvalue weighted by molar-refractivity contribution is 7.21. The Labute approximate surface area is 179 Å². The lowest BCUT2D eigenvalue weighted by molar-refractivity contribution is 0.441. The molecule has 158 valence electrons. The maximum Gasteiger partial charge on any atom is 0.264 e. The van der Waals surface area contributed by atoms with Gasteiger partial charge in [0, 0.05) is 25.7 Å². The van der Waals surface area contributed by atoms with Crippen molar-refractivity contribution in [1.82, 2.24) is 20.3 Å². The average Bonchev–Trinajstić information content (AvgIpc) is 3.18. The molecule has 8 heteroatoms. The third-order valence-electron chi connectivity index (χ3n) is 6.01. The normalized spacial score (nSPS) is 22.4. The molecule has 0 aliphatic carbocycles. The number of aromatic nitrogens is 3. The molecule has 2 atom stereocenters. The Hall–Kier alpha value is -2.45. The molecule has 2 fully saturated rings. The molecular formula is C22H28N6OS. The van der Waals surface area contributed by atoms with Crippen molar-refractivity contribution >= 4 is 33.3 Å². The number of piperidine rings is 2. The van der Waals surface area contributed by atoms with E-state index in [1.54, 1.807) is 11.3 Å². The number of anilines is 2. The number of benzene rings is 1. The van der Waals surface area contributed by atoms with Crippen LogP contribution in [-0.4, -0.2) is 47.2 Å². The Morgan fingerprint density at radius 1 is 1.20 bits per heavy atom. The number of H-pyrrole nitrogens is 1. The fourth-order valence-electron chi connectivity index (χ4n) is 4.44. The van der Waals surface area contributed by atoms with E-state index in [0.717, 1.165) is 60.7 Å². The quantitative estimate of drug-likeness (QED) is 0.595. The van der Waals surface area contributed by atoms with Crippen molar-refractivity contribution in [2.45, 2.75) is 38.6 Å². The Morgan fingerprint density at radius 2 is 2.10 bits per heavy atom. The molecule has 0 spiro atoms. The van der Waals surface area contributed by atoms with Crippen LogP contribution in [0.2, 0.25) is 0 Å². The van der Waals surface area contributed by atoms with Gasteiger partial charge in [0.1, 0.15) is 16.4 Å². The second kappa shape index (κ2) is 8.35. The summed E-state index contributed by atoms with van der Waals surface area (Å²) >= 11 is 1.54. The first-order valence-corrected chi connectivity index (χ1v) is 11.7. The van der Waals surface area contributed by atoms with Crippen LogP contribution in [0.3, 0.4) is 0 Å². The smallest absolute Gasteiger partial charge is 0.264 e. The largest absolute Gasteiger partial charge is 0.365 e. The van der Waals surface area contributed by atoms with Gasteiger partial charge in [-0.15, -0.1) is 11.3 Å². The summed E-state index contributed by atoms with van der Waals surface area (Å²) < 4.78 is 1.08. The zero-order valence-electron chi connectivity index (χ0n) is 17.3. The van der Waals surface area contributed by atoms with Crippen LogP contribution < -0.4 is 21.1 Å². The van der Waals surface area contributed by atoms with E-state index in [1.165, 1.54) is 6.42 Å². The van der Waals surface area contributed by atoms with E-state index in [2.05, 4.69) is 27.4 Å². The SMILES string of the molecule is C[C@H]1CCCN(c2nc(N[C@@H]3CCCNC3)c(-c3nc4ccccc4s3)c(=O)[nH]2)C1. The van der Waals surface area contributed by atoms with Crippen LogP contribution in [0.5, 0.6) is 0 Å². The second-order valence-electron chi connectivity index (χ2n) is 8.48. The van der Waals surface area contributed by atoms with Gasteiger partial charge in [-0.1, -0.05) is 19.1 Å². The van der Waals surface area contributed by atoms with E-state index in [9.17, 15) is 4.79 Å². The fraction of sp³-hybridized carbons (Fsp3) is 0.500. The summed E-state index contributed by atoms with van der Waals surface area (Å²) in [4.78, 5) is 28.2. The Balaban J connectivity index is 1.57. The number of nitrogens with one attached hydrogen (secondary N) is 3. The highest BCUT2D eigenvalue weighted by Crippen LogP contribution is 2.33. The van der Waals surface area contributed by atoms with Crippen LogP contribution in [0.1, 0.15) is 32.6 Å². The van der Waals surface area contributed by atoms with Crippen molar-refractivity contribution in [2.75, 3.05) is 36.4 Å². The molecule has 2 aliphatic heterocycles. The highest BCUT2D eigenvalue weighted by Gasteiger charge is 2.24. The highest BCUT2D eigenvalue weighted by atomic mass is 32.1. The van der Waals surface area contributed by atoms with E-state index in [4.69, 9.17) is 9.97 Å². The number of hydrogen-bond donors (Lipinski definition) is 3. The van der Waals surface area contributed by atoms with E-state index in [-0.39, 0.29) is 11.6 Å². The first kappa shape index (κ1) is 19.5. The molecule has 4 heterocycles. The standard InChI is InChI=1S/C22H28N6OS/c1-14-6-5-11-28(13-14)22-26-19(24-15-7-4-10-23-12-15)18(20(29)27-22)21-25-16-8-2-3-9-17(16)30-21/h2-3,8-9,14-15,23H,4-7,10-13H2,1H3,(H2,24,26,27,29)/t14-,15+/m0/s1. The minimum Gasteiger partial charge on any atom is -0.365 e. The molecule has 1 aromatic carbocycles. The zero-order valence-corrected chi connectivity index (χ0v) is 18.1. The van der Waals surface area contributed by atoms with E-state index in [1.807, 2.05) is 24.3 Å². The maximum atomic E-state index is 13.3. The van der Waals surface area contributed by atoms with Gasteiger partial charge in [-0.25, -0.2) is 4.98 Å². The monoisotopic (exact) mass is 424 g/mol. The maximum absolute atomic E-state index is 13.3. The molecule has 0 bridgehead atoms. The molecule has 0 radical (unpaired) electrons. The van der Waals surface area contributed by atoms with Crippen LogP contribution in [0, 0.1) is 5.92 Å². The van der Waals surface area contributed by atoms with E-state index >= 15 is 0 Å². The summed E-state index contributed by atoms with van der Waals surface area (Å²) in [7, 11) is 0. The van der Waals surface area contributed by atoms with Crippen LogP contribution in [0.4, 0.5) is 11.8 Å². The first-order chi connectivity index (χ1) is 14.7. The molecule has 5 rings (SSSR count). The van der Waals surface area contributed by atoms with Gasteiger partial charge in [0.05, 0.1) is 10.2 Å². The number of rotatable bonds is 4. The molecule has 30 heavy (non-hydrogen) atoms. The van der Waals surface area contributed by atoms with Gasteiger partial charge in [-0.05, 0) is 50.3 Å². The van der Waals surface area contributed by atoms with Crippen molar-refractivity contribution in [3.63, 3.8) is 0 Å². The molecule has 2 aliphatic rings. The zero-order chi connectivity index (χ0) is 20.5. The Morgan fingerprint density at radius 3 is 2.90 bits per heavy atom. The molecule has 0 unspecified atom stereocenters. The van der Waals surface area contributed by atoms with E-state index < -0.39 is 0 Å². The Bertz CT molecular complexity index is 1050. The molecule has 0 saturated carbocycles. The van der Waals surface area contributed by atoms with Crippen molar-refractivity contribution in [2.24, 2.45) is 5.92 Å². The molecule has 2 saturated heterocycles. The Kier molecular flexibility index (Phi) is 5.43. The number of hydrogen-bond acceptors (Lipinski definition) is 7. The van der Waals surface area contributed by atoms with Gasteiger partial charge in [0.15, 0.2) is 0 Å². The lowest BCUT2D eigenvalue weighted by Gasteiger charge is -2.32. The summed E-state index contributed by atoms with van der Waals surface area (Å²) in [6.07, 6.45) is 4.54. The molecular weight excluding hydrogens is 396 g/mol. The second-order valence-corrected chi connectivity index (χ2v) is 9.51. The van der Waals surface area contributed by atoms with Gasteiger partial charge >= 0.3 is 0 Å². The number of aromatic amines is 1. The lowest BCUT2D eigenvalue weighted by Crippen LogP contribution is -2.40. The lowest BCUT2D eigenvalue weighted by atomic mass is 10.0. The minimum absolute atomic E-state index is 0.122. The van der Waals surface area contributed by atoms with Crippen LogP contribution in [0.25, 0.3) is 20.8 Å². The predicted octanol–water partition coefficient (Wildman–Crippen LogP) is 3.45. The first-order valence-electron chi connectivity index (χ1n) is 10.9. The third-order valence-corrected chi connectivity index (χ3v) is 7.06. The molecule has 2 aromatic heterocycles. The number of fused-ring (bicyclic) bond motifs is 1. The van der Waals surface area contributed by atoms with Crippen molar-refractivity contribution in [3.8, 4) is 10.6 Å². The number of thiazole rings is 1. The summed E-state index contributed by atoms with van der Waals surface area (Å²) in [5.74, 6) is 1.93. The predicted molar refractivity (Wildman–Crippen MR) is 124 cm³/mol. The fourth-order valence-corrected chi connectivity index (χ4v) is 5.45. The third kappa shape index (κ3) is 3.94. The van der Waals surface area contributed by atoms with Crippen LogP contribution in [-0.2, 0) is 0 Å². The minimum atomic E-state index is -0.122. The summed E-state index contributed by atoms with van der Waals surface area (Å²) in [6, 6.07) is 8.26. The van der Waals surface area contributed by atoms with Gasteiger partial charge in [0.2, 0.25) is 5.95 Å². The summed E-state index contributed by atoms with van der Waals surface area (Å²) in [5, 5.41) is 7.72. The van der Waals surface area contributed by atoms with Crippen molar-refractivity contribution in [1.29, 1.82) is 0 Å². The number of para-hydroxylation sites is 1. The molecule has 3 N–H and O–H groups in total. The van der Waals surface area contributed by atoms with Gasteiger partial charge in [-0.2, -0.15) is 4.98 Å². The van der Waals surface area contributed by atoms with Crippen molar-refractivity contribution < 1.29 is 0 Å². The van der Waals surface area contributed by atoms with Gasteiger partial charge in [-0.3, -0.25) is 9.78 Å². The van der Waals surface area contributed by atoms with Gasteiger partial charge < -0.3 is 15.5 Å². The number of nitrogens with zero attached hydrogens (tertiary/aromatic N) is 3. The van der Waals surface area contributed by atoms with Crippen LogP contribution >= 0.6 is 11.3 Å². The van der Waals surface area contributed by atoms with Gasteiger partial charge in [0.25, 0.3) is 5.56 Å².